The Labute approximate surface area is 325 Å². The van der Waals surface area contributed by atoms with Gasteiger partial charge in [0.2, 0.25) is 11.8 Å². The van der Waals surface area contributed by atoms with E-state index in [1.807, 2.05) is 36.5 Å². The van der Waals surface area contributed by atoms with Crippen LogP contribution in [0.25, 0.3) is 22.4 Å². The number of halogens is 1. The minimum Gasteiger partial charge on any atom is -0.494 e. The molecule has 8 rings (SSSR count). The van der Waals surface area contributed by atoms with Crippen LogP contribution in [0.2, 0.25) is 0 Å². The molecule has 4 N–H and O–H groups in total. The predicted molar refractivity (Wildman–Crippen MR) is 209 cm³/mol. The van der Waals surface area contributed by atoms with Crippen LogP contribution in [0.3, 0.4) is 0 Å². The lowest BCUT2D eigenvalue weighted by Gasteiger charge is -2.39. The van der Waals surface area contributed by atoms with Crippen LogP contribution in [0.4, 0.5) is 27.4 Å². The molecule has 290 valence electrons. The lowest BCUT2D eigenvalue weighted by molar-refractivity contribution is -0.135. The maximum atomic E-state index is 13.5. The summed E-state index contributed by atoms with van der Waals surface area (Å²) >= 11 is 0. The second-order valence-corrected chi connectivity index (χ2v) is 13.9. The fourth-order valence-corrected chi connectivity index (χ4v) is 7.45. The van der Waals surface area contributed by atoms with Crippen molar-refractivity contribution < 1.29 is 23.5 Å². The number of amides is 3. The first-order chi connectivity index (χ1) is 27.6. The molecule has 1 unspecified atom stereocenters. The van der Waals surface area contributed by atoms with Gasteiger partial charge in [-0.3, -0.25) is 33.7 Å². The fraction of sp³-hybridized carbons (Fsp3) is 0.250. The summed E-state index contributed by atoms with van der Waals surface area (Å²) in [6.45, 7) is 2.21. The number of benzene rings is 2. The number of imide groups is 1. The molecule has 0 radical (unpaired) electrons. The van der Waals surface area contributed by atoms with E-state index >= 15 is 0 Å². The van der Waals surface area contributed by atoms with Crippen LogP contribution in [0.1, 0.15) is 46.3 Å². The Kier molecular flexibility index (Phi) is 9.89. The monoisotopic (exact) mass is 771 g/mol. The summed E-state index contributed by atoms with van der Waals surface area (Å²) in [7, 11) is 4.74. The van der Waals surface area contributed by atoms with E-state index in [0.717, 1.165) is 42.1 Å². The molecule has 4 aromatic heterocycles. The summed E-state index contributed by atoms with van der Waals surface area (Å²) in [4.78, 5) is 70.2. The van der Waals surface area contributed by atoms with E-state index in [0.29, 0.717) is 46.4 Å². The molecule has 0 aliphatic carbocycles. The highest BCUT2D eigenvalue weighted by Crippen LogP contribution is 2.38. The molecule has 6 aromatic rings. The molecule has 3 amide bonds. The molecule has 57 heavy (non-hydrogen) atoms. The number of aromatic nitrogens is 6. The highest BCUT2D eigenvalue weighted by Gasteiger charge is 2.33. The lowest BCUT2D eigenvalue weighted by Crippen LogP contribution is -2.44. The van der Waals surface area contributed by atoms with Crippen molar-refractivity contribution in [3.63, 3.8) is 0 Å². The summed E-state index contributed by atoms with van der Waals surface area (Å²) in [5.74, 6) is 0.237. The summed E-state index contributed by atoms with van der Waals surface area (Å²) in [5.41, 5.74) is 4.99. The van der Waals surface area contributed by atoms with Crippen LogP contribution in [0.15, 0.2) is 84.2 Å². The normalized spacial score (nSPS) is 15.9. The van der Waals surface area contributed by atoms with Gasteiger partial charge < -0.3 is 20.7 Å². The van der Waals surface area contributed by atoms with Crippen LogP contribution in [-0.2, 0) is 23.2 Å². The van der Waals surface area contributed by atoms with Crippen LogP contribution >= 0.6 is 0 Å². The Morgan fingerprint density at radius 3 is 2.42 bits per heavy atom. The third-order valence-corrected chi connectivity index (χ3v) is 10.3. The first-order valence-electron chi connectivity index (χ1n) is 18.2. The molecular formula is C40H38FN11O5. The number of anilines is 4. The number of fused-ring (bicyclic) bond motifs is 1. The van der Waals surface area contributed by atoms with Gasteiger partial charge >= 0.3 is 5.69 Å². The summed E-state index contributed by atoms with van der Waals surface area (Å²) in [6.07, 6.45) is 5.92. The van der Waals surface area contributed by atoms with Crippen molar-refractivity contribution in [2.75, 3.05) is 37.9 Å². The molecule has 1 atom stereocenters. The van der Waals surface area contributed by atoms with Gasteiger partial charge in [0.15, 0.2) is 17.4 Å². The fourth-order valence-electron chi connectivity index (χ4n) is 7.45. The van der Waals surface area contributed by atoms with Gasteiger partial charge in [0.05, 0.1) is 53.0 Å². The zero-order valence-electron chi connectivity index (χ0n) is 31.2. The number of aryl methyl sites for hydroxylation is 1. The number of hydrogen-bond donors (Lipinski definition) is 4. The second-order valence-electron chi connectivity index (χ2n) is 13.9. The van der Waals surface area contributed by atoms with Gasteiger partial charge in [-0.05, 0) is 41.8 Å². The first-order valence-corrected chi connectivity index (χ1v) is 18.2. The zero-order valence-corrected chi connectivity index (χ0v) is 31.2. The van der Waals surface area contributed by atoms with E-state index < -0.39 is 17.8 Å². The number of hydrogen-bond acceptors (Lipinski definition) is 12. The molecule has 0 spiro atoms. The summed E-state index contributed by atoms with van der Waals surface area (Å²) < 4.78 is 22.3. The van der Waals surface area contributed by atoms with Crippen molar-refractivity contribution >= 4 is 51.8 Å². The van der Waals surface area contributed by atoms with Crippen molar-refractivity contribution in [1.82, 2.24) is 44.6 Å². The number of nitrogens with one attached hydrogen (secondary N) is 4. The molecule has 16 nitrogen and oxygen atoms in total. The number of carbonyl (C=O) groups excluding carboxylic acids is 3. The number of likely N-dealkylation sites (tertiary alicyclic amines) is 1. The number of methoxy groups -OCH3 is 1. The van der Waals surface area contributed by atoms with Crippen molar-refractivity contribution in [2.24, 2.45) is 7.05 Å². The smallest absolute Gasteiger partial charge is 0.329 e. The lowest BCUT2D eigenvalue weighted by atomic mass is 9.92. The first kappa shape index (κ1) is 36.9. The third kappa shape index (κ3) is 7.15. The molecule has 17 heteroatoms. The number of piperidine rings is 1. The third-order valence-electron chi connectivity index (χ3n) is 10.3. The highest BCUT2D eigenvalue weighted by molar-refractivity contribution is 6.01. The van der Waals surface area contributed by atoms with Crippen LogP contribution in [0.5, 0.6) is 5.75 Å². The number of carbonyl (C=O) groups is 3. The SMILES string of the molecule is CNC(=O)c1cnc(Nc2ccc(C3CN(Cc4cccc5c4n(C)c(=O)n5C4CCC(=O)NC4=O)C3)cn2)cc1Nc1cccc(-c2ncc(F)cn2)c1OC. The van der Waals surface area contributed by atoms with E-state index in [9.17, 15) is 23.6 Å². The molecule has 0 saturated carbocycles. The Hall–Kier alpha value is -7.01. The molecule has 2 saturated heterocycles. The maximum absolute atomic E-state index is 13.5. The molecule has 2 aliphatic rings. The van der Waals surface area contributed by atoms with Crippen LogP contribution < -0.4 is 31.7 Å². The average molecular weight is 772 g/mol. The van der Waals surface area contributed by atoms with Crippen LogP contribution in [-0.4, -0.2) is 78.9 Å². The van der Waals surface area contributed by atoms with E-state index in [1.165, 1.54) is 24.9 Å². The topological polar surface area (TPSA) is 190 Å². The number of nitrogens with zero attached hydrogens (tertiary/aromatic N) is 7. The number of para-hydroxylation sites is 2. The van der Waals surface area contributed by atoms with E-state index in [-0.39, 0.29) is 47.7 Å². The Morgan fingerprint density at radius 2 is 1.70 bits per heavy atom. The highest BCUT2D eigenvalue weighted by atomic mass is 19.1. The van der Waals surface area contributed by atoms with Gasteiger partial charge in [0, 0.05) is 64.5 Å². The van der Waals surface area contributed by atoms with Gasteiger partial charge in [0.1, 0.15) is 17.7 Å². The van der Waals surface area contributed by atoms with Gasteiger partial charge in [0.25, 0.3) is 5.91 Å². The summed E-state index contributed by atoms with van der Waals surface area (Å²) in [5, 5.41) is 11.5. The van der Waals surface area contributed by atoms with Crippen LogP contribution in [0, 0.1) is 5.82 Å². The Balaban J connectivity index is 0.950. The van der Waals surface area contributed by atoms with Gasteiger partial charge in [-0.15, -0.1) is 0 Å². The largest absolute Gasteiger partial charge is 0.494 e. The van der Waals surface area contributed by atoms with Gasteiger partial charge in [-0.2, -0.15) is 0 Å². The Bertz CT molecular complexity index is 2580. The van der Waals surface area contributed by atoms with E-state index in [2.05, 4.69) is 46.1 Å². The number of imidazole rings is 1. The van der Waals surface area contributed by atoms with E-state index in [1.54, 1.807) is 35.9 Å². The molecule has 2 fully saturated rings. The Morgan fingerprint density at radius 1 is 0.930 bits per heavy atom. The molecular weight excluding hydrogens is 734 g/mol. The second kappa shape index (κ2) is 15.3. The maximum Gasteiger partial charge on any atom is 0.329 e. The predicted octanol–water partition coefficient (Wildman–Crippen LogP) is 4.16. The standard InChI is InChI=1S/C40H38FN11O5/c1-42-38(54)27-18-44-33(14-29(27)47-28-8-5-7-26(36(28)57-3)37-45-16-25(41)17-46-37)48-32-12-10-22(15-43-32)24-20-51(21-24)19-23-6-4-9-30-35(23)50(2)40(56)52(30)31-11-13-34(53)49-39(31)55/h4-10,12,14-18,24,31H,11,13,19-21H2,1-3H3,(H,42,54)(H,49,53,55)(H2,43,44,47,48). The minimum atomic E-state index is -0.734. The van der Waals surface area contributed by atoms with Gasteiger partial charge in [-0.25, -0.2) is 29.1 Å². The molecule has 2 aromatic carbocycles. The van der Waals surface area contributed by atoms with Crippen molar-refractivity contribution in [3.05, 3.63) is 112 Å². The summed E-state index contributed by atoms with van der Waals surface area (Å²) in [6, 6.07) is 15.9. The minimum absolute atomic E-state index is 0.186. The van der Waals surface area contributed by atoms with E-state index in [4.69, 9.17) is 4.74 Å². The number of pyridine rings is 2. The average Bonchev–Trinajstić information content (AvgIpc) is 3.45. The number of rotatable bonds is 11. The molecule has 2 aliphatic heterocycles. The van der Waals surface area contributed by atoms with Crippen molar-refractivity contribution in [1.29, 1.82) is 0 Å². The van der Waals surface area contributed by atoms with Crippen molar-refractivity contribution in [2.45, 2.75) is 31.3 Å². The molecule has 6 heterocycles. The van der Waals surface area contributed by atoms with Gasteiger partial charge in [-0.1, -0.05) is 24.3 Å². The molecule has 0 bridgehead atoms. The van der Waals surface area contributed by atoms with Crippen molar-refractivity contribution in [3.8, 4) is 17.1 Å². The quantitative estimate of drug-likeness (QED) is 0.138. The zero-order chi connectivity index (χ0) is 39.8. The number of ether oxygens (including phenoxy) is 1.